The number of halogens is 2. The van der Waals surface area contributed by atoms with E-state index in [0.717, 1.165) is 30.7 Å². The molecular formula is C14H15F2NO3. The molecule has 20 heavy (non-hydrogen) atoms. The van der Waals surface area contributed by atoms with Crippen LogP contribution in [-0.2, 0) is 9.53 Å². The molecule has 1 saturated heterocycles. The quantitative estimate of drug-likeness (QED) is 0.861. The van der Waals surface area contributed by atoms with Crippen LogP contribution in [0.3, 0.4) is 0 Å². The predicted octanol–water partition coefficient (Wildman–Crippen LogP) is 2.29. The van der Waals surface area contributed by atoms with Crippen molar-refractivity contribution in [3.8, 4) is 0 Å². The van der Waals surface area contributed by atoms with Gasteiger partial charge in [0.05, 0.1) is 6.10 Å². The van der Waals surface area contributed by atoms with Gasteiger partial charge >= 0.3 is 5.97 Å². The Hall–Kier alpha value is -1.95. The van der Waals surface area contributed by atoms with Crippen LogP contribution in [0.4, 0.5) is 14.5 Å². The van der Waals surface area contributed by atoms with E-state index in [-0.39, 0.29) is 17.4 Å². The molecule has 0 amide bonds. The van der Waals surface area contributed by atoms with Crippen molar-refractivity contribution < 1.29 is 23.4 Å². The number of methoxy groups -OCH3 is 1. The number of carbonyl (C=O) groups is 1. The SMILES string of the molecule is COC1CCN(c2c(F)cc(/C=C/C(=O)O)cc2F)C1. The number of benzene rings is 1. The van der Waals surface area contributed by atoms with Crippen molar-refractivity contribution in [3.05, 3.63) is 35.4 Å². The van der Waals surface area contributed by atoms with E-state index in [0.29, 0.717) is 13.1 Å². The fraction of sp³-hybridized carbons (Fsp3) is 0.357. The van der Waals surface area contributed by atoms with Gasteiger partial charge in [0.15, 0.2) is 0 Å². The summed E-state index contributed by atoms with van der Waals surface area (Å²) in [5, 5.41) is 8.50. The Morgan fingerprint density at radius 2 is 2.10 bits per heavy atom. The Morgan fingerprint density at radius 1 is 1.45 bits per heavy atom. The van der Waals surface area contributed by atoms with Crippen LogP contribution >= 0.6 is 0 Å². The summed E-state index contributed by atoms with van der Waals surface area (Å²) in [4.78, 5) is 12.0. The van der Waals surface area contributed by atoms with E-state index in [1.807, 2.05) is 0 Å². The highest BCUT2D eigenvalue weighted by Crippen LogP contribution is 2.29. The minimum Gasteiger partial charge on any atom is -0.478 e. The van der Waals surface area contributed by atoms with Crippen LogP contribution in [0.15, 0.2) is 18.2 Å². The number of carboxylic acid groups (broad SMARTS) is 1. The average molecular weight is 283 g/mol. The summed E-state index contributed by atoms with van der Waals surface area (Å²) in [7, 11) is 1.57. The van der Waals surface area contributed by atoms with E-state index in [9.17, 15) is 13.6 Å². The second-order valence-electron chi connectivity index (χ2n) is 4.60. The normalized spacial score (nSPS) is 18.9. The molecule has 0 aromatic heterocycles. The highest BCUT2D eigenvalue weighted by Gasteiger charge is 2.26. The highest BCUT2D eigenvalue weighted by molar-refractivity contribution is 5.85. The zero-order chi connectivity index (χ0) is 14.7. The number of anilines is 1. The Bertz CT molecular complexity index is 522. The molecule has 0 bridgehead atoms. The molecule has 1 heterocycles. The number of rotatable bonds is 4. The summed E-state index contributed by atoms with van der Waals surface area (Å²) in [6.07, 6.45) is 2.68. The standard InChI is InChI=1S/C14H15F2NO3/c1-20-10-4-5-17(8-10)14-11(15)6-9(7-12(14)16)2-3-13(18)19/h2-3,6-7,10H,4-5,8H2,1H3,(H,18,19)/b3-2+. The fourth-order valence-electron chi connectivity index (χ4n) is 2.27. The predicted molar refractivity (Wildman–Crippen MR) is 70.7 cm³/mol. The molecule has 1 aromatic carbocycles. The second-order valence-corrected chi connectivity index (χ2v) is 4.60. The summed E-state index contributed by atoms with van der Waals surface area (Å²) in [6.45, 7) is 0.964. The summed E-state index contributed by atoms with van der Waals surface area (Å²) in [5.41, 5.74) is 0.0886. The molecule has 1 aliphatic rings. The van der Waals surface area contributed by atoms with Crippen LogP contribution in [0.2, 0.25) is 0 Å². The van der Waals surface area contributed by atoms with Gasteiger partial charge in [-0.05, 0) is 30.2 Å². The third-order valence-corrected chi connectivity index (χ3v) is 3.25. The van der Waals surface area contributed by atoms with E-state index in [1.165, 1.54) is 0 Å². The van der Waals surface area contributed by atoms with E-state index in [4.69, 9.17) is 9.84 Å². The molecule has 4 nitrogen and oxygen atoms in total. The minimum atomic E-state index is -1.17. The fourth-order valence-corrected chi connectivity index (χ4v) is 2.27. The van der Waals surface area contributed by atoms with Gasteiger partial charge in [0.2, 0.25) is 0 Å². The van der Waals surface area contributed by atoms with E-state index in [1.54, 1.807) is 12.0 Å². The first-order valence-corrected chi connectivity index (χ1v) is 6.19. The maximum atomic E-state index is 14.0. The van der Waals surface area contributed by atoms with E-state index >= 15 is 0 Å². The first-order valence-electron chi connectivity index (χ1n) is 6.19. The molecule has 1 unspecified atom stereocenters. The maximum absolute atomic E-state index is 14.0. The minimum absolute atomic E-state index is 0.0274. The third-order valence-electron chi connectivity index (χ3n) is 3.25. The Labute approximate surface area is 115 Å². The first-order chi connectivity index (χ1) is 9.51. The number of nitrogens with zero attached hydrogens (tertiary/aromatic N) is 1. The monoisotopic (exact) mass is 283 g/mol. The van der Waals surface area contributed by atoms with Gasteiger partial charge in [-0.1, -0.05) is 0 Å². The third kappa shape index (κ3) is 3.14. The number of aliphatic carboxylic acids is 1. The van der Waals surface area contributed by atoms with Gasteiger partial charge in [-0.2, -0.15) is 0 Å². The molecule has 108 valence electrons. The highest BCUT2D eigenvalue weighted by atomic mass is 19.1. The number of hydrogen-bond acceptors (Lipinski definition) is 3. The van der Waals surface area contributed by atoms with Crippen molar-refractivity contribution in [2.45, 2.75) is 12.5 Å². The van der Waals surface area contributed by atoms with Crippen molar-refractivity contribution in [2.24, 2.45) is 0 Å². The summed E-state index contributed by atoms with van der Waals surface area (Å²) >= 11 is 0. The number of hydrogen-bond donors (Lipinski definition) is 1. The summed E-state index contributed by atoms with van der Waals surface area (Å²) in [6, 6.07) is 2.25. The molecule has 2 rings (SSSR count). The van der Waals surface area contributed by atoms with Crippen molar-refractivity contribution in [2.75, 3.05) is 25.1 Å². The molecule has 1 aromatic rings. The zero-order valence-electron chi connectivity index (χ0n) is 11.0. The molecule has 1 fully saturated rings. The van der Waals surface area contributed by atoms with Crippen LogP contribution < -0.4 is 4.90 Å². The van der Waals surface area contributed by atoms with Crippen molar-refractivity contribution in [3.63, 3.8) is 0 Å². The van der Waals surface area contributed by atoms with Gasteiger partial charge in [-0.25, -0.2) is 13.6 Å². The largest absolute Gasteiger partial charge is 0.478 e. The lowest BCUT2D eigenvalue weighted by molar-refractivity contribution is -0.131. The summed E-state index contributed by atoms with van der Waals surface area (Å²) in [5.74, 6) is -2.57. The Balaban J connectivity index is 2.25. The smallest absolute Gasteiger partial charge is 0.328 e. The first kappa shape index (κ1) is 14.5. The second kappa shape index (κ2) is 6.00. The maximum Gasteiger partial charge on any atom is 0.328 e. The average Bonchev–Trinajstić information content (AvgIpc) is 2.84. The summed E-state index contributed by atoms with van der Waals surface area (Å²) < 4.78 is 33.2. The molecule has 1 atom stereocenters. The van der Waals surface area contributed by atoms with Crippen LogP contribution in [0.25, 0.3) is 6.08 Å². The van der Waals surface area contributed by atoms with Crippen molar-refractivity contribution >= 4 is 17.7 Å². The van der Waals surface area contributed by atoms with Crippen molar-refractivity contribution in [1.29, 1.82) is 0 Å². The van der Waals surface area contributed by atoms with Gasteiger partial charge in [0.25, 0.3) is 0 Å². The lowest BCUT2D eigenvalue weighted by Crippen LogP contribution is -2.24. The van der Waals surface area contributed by atoms with E-state index < -0.39 is 17.6 Å². The molecule has 0 spiro atoms. The molecular weight excluding hydrogens is 268 g/mol. The molecule has 0 saturated carbocycles. The Morgan fingerprint density at radius 3 is 2.60 bits per heavy atom. The van der Waals surface area contributed by atoms with Gasteiger partial charge in [-0.3, -0.25) is 0 Å². The van der Waals surface area contributed by atoms with Gasteiger partial charge < -0.3 is 14.7 Å². The lowest BCUT2D eigenvalue weighted by Gasteiger charge is -2.20. The molecule has 1 N–H and O–H groups in total. The van der Waals surface area contributed by atoms with Crippen LogP contribution in [0.1, 0.15) is 12.0 Å². The molecule has 0 radical (unpaired) electrons. The molecule has 1 aliphatic heterocycles. The van der Waals surface area contributed by atoms with Gasteiger partial charge in [0.1, 0.15) is 17.3 Å². The zero-order valence-corrected chi connectivity index (χ0v) is 11.0. The van der Waals surface area contributed by atoms with Crippen molar-refractivity contribution in [1.82, 2.24) is 0 Å². The number of carboxylic acids is 1. The van der Waals surface area contributed by atoms with E-state index in [2.05, 4.69) is 0 Å². The lowest BCUT2D eigenvalue weighted by atomic mass is 10.1. The van der Waals surface area contributed by atoms with Crippen LogP contribution in [0, 0.1) is 11.6 Å². The van der Waals surface area contributed by atoms with Crippen LogP contribution in [0.5, 0.6) is 0 Å². The number of ether oxygens (including phenoxy) is 1. The Kier molecular flexibility index (Phi) is 4.34. The van der Waals surface area contributed by atoms with Crippen LogP contribution in [-0.4, -0.2) is 37.4 Å². The molecule has 0 aliphatic carbocycles. The topological polar surface area (TPSA) is 49.8 Å². The molecule has 6 heteroatoms. The van der Waals surface area contributed by atoms with Gasteiger partial charge in [0, 0.05) is 26.3 Å². The van der Waals surface area contributed by atoms with Gasteiger partial charge in [-0.15, -0.1) is 0 Å².